The molecule has 2 radical (unpaired) electrons. The summed E-state index contributed by atoms with van der Waals surface area (Å²) in [5, 5.41) is 22.7. The molecule has 10 heteroatoms. The number of aliphatic hydroxyl groups is 1. The molecule has 25 heavy (non-hydrogen) atoms. The maximum Gasteiger partial charge on any atom is 0.353 e. The Morgan fingerprint density at radius 2 is 2.08 bits per heavy atom. The van der Waals surface area contributed by atoms with E-state index in [1.54, 1.807) is 6.92 Å². The predicted octanol–water partition coefficient (Wildman–Crippen LogP) is 2.14. The fourth-order valence-corrected chi connectivity index (χ4v) is 5.17. The van der Waals surface area contributed by atoms with Crippen molar-refractivity contribution in [3.63, 3.8) is 0 Å². The number of hydrogen-bond acceptors (Lipinski definition) is 5. The molecule has 2 saturated heterocycles. The van der Waals surface area contributed by atoms with Gasteiger partial charge < -0.3 is 20.4 Å². The van der Waals surface area contributed by atoms with Crippen molar-refractivity contribution in [2.75, 3.05) is 6.54 Å². The fraction of sp³-hybridized carbons (Fsp3) is 0.733. The van der Waals surface area contributed by atoms with Crippen LogP contribution in [0.2, 0.25) is 0 Å². The third-order valence-corrected chi connectivity index (χ3v) is 6.24. The average molecular weight is 592 g/mol. The van der Waals surface area contributed by atoms with Gasteiger partial charge in [0.15, 0.2) is 0 Å². The summed E-state index contributed by atoms with van der Waals surface area (Å²) in [4.78, 5) is 25.9. The summed E-state index contributed by atoms with van der Waals surface area (Å²) in [6.45, 7) is 4.24. The third kappa shape index (κ3) is 4.32. The van der Waals surface area contributed by atoms with Crippen LogP contribution in [0.4, 0.5) is 0 Å². The van der Waals surface area contributed by atoms with E-state index in [-0.39, 0.29) is 42.2 Å². The monoisotopic (exact) mass is 592 g/mol. The number of carboxylic acid groups (broad SMARTS) is 1. The molecule has 0 aliphatic carbocycles. The largest absolute Gasteiger partial charge is 0.477 e. The lowest BCUT2D eigenvalue weighted by atomic mass is 9.79. The van der Waals surface area contributed by atoms with Crippen LogP contribution in [-0.2, 0) is 9.59 Å². The molecular weight excluding hydrogens is 569 g/mol. The van der Waals surface area contributed by atoms with E-state index in [1.807, 2.05) is 6.92 Å². The van der Waals surface area contributed by atoms with E-state index >= 15 is 0 Å². The van der Waals surface area contributed by atoms with Crippen LogP contribution in [0.5, 0.6) is 0 Å². The van der Waals surface area contributed by atoms with Gasteiger partial charge in [0, 0.05) is 59.8 Å². The van der Waals surface area contributed by atoms with Crippen LogP contribution in [0.3, 0.4) is 0 Å². The number of thioether (sulfide) groups is 1. The van der Waals surface area contributed by atoms with Crippen molar-refractivity contribution in [1.29, 1.82) is 0 Å². The summed E-state index contributed by atoms with van der Waals surface area (Å²) in [5.74, 6) is -2.02. The highest BCUT2D eigenvalue weighted by Gasteiger charge is 2.60. The van der Waals surface area contributed by atoms with Crippen LogP contribution in [-0.4, -0.2) is 64.7 Å². The SMILES string of the molecule is C.II.[B]C1CC(SC2=C(C(=O)O)N3C(=O)C(C(C)O)C3C2C)CN1. The number of β-lactam (4-membered cyclic amide) rings is 1. The number of fused-ring (bicyclic) bond motifs is 1. The van der Waals surface area contributed by atoms with Crippen molar-refractivity contribution in [2.45, 2.75) is 51.0 Å². The molecule has 0 aromatic rings. The van der Waals surface area contributed by atoms with Crippen LogP contribution in [0.1, 0.15) is 27.7 Å². The smallest absolute Gasteiger partial charge is 0.353 e. The Morgan fingerprint density at radius 1 is 1.48 bits per heavy atom. The zero-order chi connectivity index (χ0) is 18.2. The number of amides is 1. The lowest BCUT2D eigenvalue weighted by Crippen LogP contribution is -2.63. The van der Waals surface area contributed by atoms with Crippen LogP contribution < -0.4 is 5.32 Å². The molecule has 0 spiro atoms. The molecule has 6 nitrogen and oxygen atoms in total. The topological polar surface area (TPSA) is 89.9 Å². The zero-order valence-electron chi connectivity index (χ0n) is 13.3. The van der Waals surface area contributed by atoms with E-state index in [2.05, 4.69) is 42.5 Å². The number of rotatable bonds is 4. The first-order valence-electron chi connectivity index (χ1n) is 7.61. The Balaban J connectivity index is 0.00000101. The van der Waals surface area contributed by atoms with Crippen LogP contribution >= 0.6 is 49.0 Å². The van der Waals surface area contributed by atoms with Gasteiger partial charge in [-0.1, -0.05) is 14.4 Å². The molecule has 0 bridgehead atoms. The number of aliphatic hydroxyl groups excluding tert-OH is 1. The average Bonchev–Trinajstić information content (AvgIpc) is 3.02. The molecule has 1 amide bonds. The van der Waals surface area contributed by atoms with Crippen LogP contribution in [0, 0.1) is 11.8 Å². The third-order valence-electron chi connectivity index (χ3n) is 4.73. The number of hydrogen-bond donors (Lipinski definition) is 3. The molecule has 3 heterocycles. The van der Waals surface area contributed by atoms with E-state index in [4.69, 9.17) is 7.85 Å². The number of halogens is 2. The molecular formula is C15H23BI2N2O4S. The van der Waals surface area contributed by atoms with Crippen molar-refractivity contribution >= 4 is 68.7 Å². The van der Waals surface area contributed by atoms with Crippen molar-refractivity contribution in [2.24, 2.45) is 11.8 Å². The minimum Gasteiger partial charge on any atom is -0.477 e. The highest BCUT2D eigenvalue weighted by Crippen LogP contribution is 2.51. The maximum absolute atomic E-state index is 12.2. The van der Waals surface area contributed by atoms with Gasteiger partial charge >= 0.3 is 5.97 Å². The summed E-state index contributed by atoms with van der Waals surface area (Å²) < 4.78 is 0. The quantitative estimate of drug-likeness (QED) is 0.264. The molecule has 6 unspecified atom stereocenters. The molecule has 3 aliphatic rings. The first-order chi connectivity index (χ1) is 11.3. The van der Waals surface area contributed by atoms with E-state index < -0.39 is 18.0 Å². The maximum atomic E-state index is 12.2. The molecule has 0 saturated carbocycles. The van der Waals surface area contributed by atoms with Gasteiger partial charge in [-0.2, -0.15) is 0 Å². The molecule has 140 valence electrons. The number of carbonyl (C=O) groups excluding carboxylic acids is 1. The van der Waals surface area contributed by atoms with Crippen LogP contribution in [0.15, 0.2) is 10.6 Å². The summed E-state index contributed by atoms with van der Waals surface area (Å²) in [6.07, 6.45) is 0.00356. The first-order valence-corrected chi connectivity index (χ1v) is 14.8. The van der Waals surface area contributed by atoms with Crippen molar-refractivity contribution in [3.05, 3.63) is 10.6 Å². The molecule has 0 aromatic heterocycles. The van der Waals surface area contributed by atoms with Gasteiger partial charge in [0.25, 0.3) is 0 Å². The number of carboxylic acids is 1. The summed E-state index contributed by atoms with van der Waals surface area (Å²) in [7, 11) is 5.82. The normalized spacial score (nSPS) is 34.5. The minimum atomic E-state index is -1.08. The van der Waals surface area contributed by atoms with Gasteiger partial charge in [-0.25, -0.2) is 4.79 Å². The Bertz CT molecular complexity index is 564. The summed E-state index contributed by atoms with van der Waals surface area (Å²) in [5.41, 5.74) is 0.0878. The van der Waals surface area contributed by atoms with Crippen molar-refractivity contribution < 1.29 is 19.8 Å². The number of carbonyl (C=O) groups is 2. The lowest BCUT2D eigenvalue weighted by molar-refractivity contribution is -0.163. The molecule has 0 aromatic carbocycles. The van der Waals surface area contributed by atoms with E-state index in [9.17, 15) is 19.8 Å². The molecule has 3 aliphatic heterocycles. The van der Waals surface area contributed by atoms with Gasteiger partial charge in [-0.3, -0.25) is 4.79 Å². The van der Waals surface area contributed by atoms with Crippen molar-refractivity contribution in [1.82, 2.24) is 10.2 Å². The van der Waals surface area contributed by atoms with Crippen LogP contribution in [0.25, 0.3) is 0 Å². The minimum absolute atomic E-state index is 0. The van der Waals surface area contributed by atoms with Gasteiger partial charge in [-0.05, 0) is 19.3 Å². The number of nitrogens with one attached hydrogen (secondary N) is 1. The number of nitrogens with zero attached hydrogens (tertiary/aromatic N) is 1. The fourth-order valence-electron chi connectivity index (χ4n) is 3.68. The molecule has 2 fully saturated rings. The highest BCUT2D eigenvalue weighted by molar-refractivity contribution is 15.0. The zero-order valence-corrected chi connectivity index (χ0v) is 18.4. The molecule has 6 atom stereocenters. The van der Waals surface area contributed by atoms with Gasteiger partial charge in [0.2, 0.25) is 5.91 Å². The van der Waals surface area contributed by atoms with Gasteiger partial charge in [0.05, 0.1) is 25.9 Å². The second-order valence-corrected chi connectivity index (χ2v) is 7.60. The van der Waals surface area contributed by atoms with Gasteiger partial charge in [-0.15, -0.1) is 11.8 Å². The van der Waals surface area contributed by atoms with Crippen molar-refractivity contribution in [3.8, 4) is 0 Å². The molecule has 3 N–H and O–H groups in total. The second kappa shape index (κ2) is 9.60. The first kappa shape index (κ1) is 23.5. The Hall–Kier alpha value is 0.475. The van der Waals surface area contributed by atoms with E-state index in [0.717, 1.165) is 17.9 Å². The summed E-state index contributed by atoms with van der Waals surface area (Å²) >= 11 is 5.75. The standard InChI is InChI=1S/C14H19BN2O4S.CH4.I2/c1-5-10-9(6(2)18)13(19)17(10)11(14(20)21)12(5)22-7-3-8(15)16-4-7;;1-2/h5-10,16,18H,3-4H2,1-2H3,(H,20,21);1H4;. The Labute approximate surface area is 177 Å². The molecule has 3 rings (SSSR count). The Kier molecular flexibility index (Phi) is 9.03. The second-order valence-electron chi connectivity index (χ2n) is 6.26. The number of aliphatic carboxylic acids is 1. The highest BCUT2D eigenvalue weighted by atomic mass is 128. The predicted molar refractivity (Wildman–Crippen MR) is 118 cm³/mol. The lowest BCUT2D eigenvalue weighted by Gasteiger charge is -2.46. The summed E-state index contributed by atoms with van der Waals surface area (Å²) in [6, 6.07) is -0.246. The van der Waals surface area contributed by atoms with Gasteiger partial charge in [0.1, 0.15) is 5.70 Å². The Morgan fingerprint density at radius 3 is 2.52 bits per heavy atom. The van der Waals surface area contributed by atoms with E-state index in [1.165, 1.54) is 16.7 Å². The van der Waals surface area contributed by atoms with E-state index in [0.29, 0.717) is 0 Å².